The second-order valence-corrected chi connectivity index (χ2v) is 10.4. The fraction of sp³-hybridized carbons (Fsp3) is 0.733. The summed E-state index contributed by atoms with van der Waals surface area (Å²) in [6.45, 7) is 23.1. The van der Waals surface area contributed by atoms with Gasteiger partial charge in [0, 0.05) is 4.90 Å². The van der Waals surface area contributed by atoms with E-state index < -0.39 is 0 Å². The van der Waals surface area contributed by atoms with Crippen LogP contribution in [0.4, 0.5) is 0 Å². The summed E-state index contributed by atoms with van der Waals surface area (Å²) in [5.74, 6) is 2.56. The fourth-order valence-corrected chi connectivity index (χ4v) is 2.95. The average Bonchev–Trinajstić information content (AvgIpc) is 2.78. The van der Waals surface area contributed by atoms with Crippen LogP contribution in [-0.2, 0) is 6.42 Å². The predicted octanol–water partition coefficient (Wildman–Crippen LogP) is 10.1. The van der Waals surface area contributed by atoms with Crippen molar-refractivity contribution in [2.24, 2.45) is 17.8 Å². The van der Waals surface area contributed by atoms with Crippen LogP contribution in [0.2, 0.25) is 0 Å². The minimum absolute atomic E-state index is 0.787. The lowest BCUT2D eigenvalue weighted by atomic mass is 9.98. The zero-order valence-corrected chi connectivity index (χ0v) is 24.8. The molecule has 0 saturated carbocycles. The van der Waals surface area contributed by atoms with Crippen molar-refractivity contribution in [2.75, 3.05) is 19.8 Å². The minimum atomic E-state index is 0.787. The number of fused-ring (bicyclic) bond motifs is 1. The van der Waals surface area contributed by atoms with Gasteiger partial charge in [0.1, 0.15) is 0 Å². The number of benzene rings is 1. The first-order chi connectivity index (χ1) is 15.1. The van der Waals surface area contributed by atoms with Gasteiger partial charge in [-0.2, -0.15) is 0 Å². The largest absolute Gasteiger partial charge is 0.319 e. The van der Waals surface area contributed by atoms with Crippen molar-refractivity contribution in [1.82, 2.24) is 5.32 Å². The number of allylic oxidation sites excluding steroid dienone is 1. The van der Waals surface area contributed by atoms with Crippen LogP contribution in [0.5, 0.6) is 0 Å². The maximum atomic E-state index is 3.07. The van der Waals surface area contributed by atoms with Crippen LogP contribution in [0, 0.1) is 17.8 Å². The summed E-state index contributed by atoms with van der Waals surface area (Å²) in [7, 11) is 1.97. The van der Waals surface area contributed by atoms with E-state index in [4.69, 9.17) is 0 Å². The van der Waals surface area contributed by atoms with E-state index in [1.54, 1.807) is 0 Å². The Balaban J connectivity index is -0.000000362. The van der Waals surface area contributed by atoms with Gasteiger partial charge in [0.25, 0.3) is 0 Å². The van der Waals surface area contributed by atoms with E-state index in [-0.39, 0.29) is 0 Å². The molecule has 1 nitrogen and oxygen atoms in total. The molecule has 0 unspecified atom stereocenters. The molecule has 0 spiro atoms. The molecule has 0 heterocycles. The molecule has 2 rings (SSSR count). The summed E-state index contributed by atoms with van der Waals surface area (Å²) in [5, 5.41) is 3.07. The van der Waals surface area contributed by atoms with Crippen LogP contribution in [-0.4, -0.2) is 19.8 Å². The highest BCUT2D eigenvalue weighted by molar-refractivity contribution is 7.98. The third kappa shape index (κ3) is 25.5. The molecule has 32 heavy (non-hydrogen) atoms. The van der Waals surface area contributed by atoms with Crippen LogP contribution in [0.15, 0.2) is 29.2 Å². The van der Waals surface area contributed by atoms with Gasteiger partial charge in [-0.05, 0) is 67.6 Å². The molecular weight excluding hydrogens is 406 g/mol. The lowest BCUT2D eigenvalue weighted by Gasteiger charge is -2.12. The zero-order chi connectivity index (χ0) is 25.4. The first kappa shape index (κ1) is 35.9. The first-order valence-corrected chi connectivity index (χ1v) is 14.3. The van der Waals surface area contributed by atoms with Crippen LogP contribution in [0.1, 0.15) is 112 Å². The van der Waals surface area contributed by atoms with Crippen molar-refractivity contribution >= 4 is 17.8 Å². The number of thioether (sulfide) groups is 1. The van der Waals surface area contributed by atoms with E-state index in [1.165, 1.54) is 54.5 Å². The number of rotatable bonds is 6. The van der Waals surface area contributed by atoms with Crippen molar-refractivity contribution in [2.45, 2.75) is 113 Å². The van der Waals surface area contributed by atoms with Crippen molar-refractivity contribution in [3.05, 3.63) is 35.4 Å². The van der Waals surface area contributed by atoms with Crippen molar-refractivity contribution in [3.63, 3.8) is 0 Å². The third-order valence-electron chi connectivity index (χ3n) is 4.75. The quantitative estimate of drug-likeness (QED) is 0.419. The van der Waals surface area contributed by atoms with Crippen LogP contribution < -0.4 is 5.32 Å². The van der Waals surface area contributed by atoms with E-state index in [0.717, 1.165) is 24.3 Å². The van der Waals surface area contributed by atoms with Crippen LogP contribution in [0.25, 0.3) is 6.08 Å². The molecule has 1 aliphatic rings. The molecule has 0 saturated heterocycles. The lowest BCUT2D eigenvalue weighted by Crippen LogP contribution is -2.12. The molecule has 1 aromatic rings. The molecule has 0 aliphatic heterocycles. The Bertz CT molecular complexity index is 511. The first-order valence-electron chi connectivity index (χ1n) is 13.1. The van der Waals surface area contributed by atoms with Crippen molar-refractivity contribution < 1.29 is 0 Å². The second-order valence-electron chi connectivity index (χ2n) is 9.58. The lowest BCUT2D eigenvalue weighted by molar-refractivity contribution is 0.544. The molecule has 1 N–H and O–H groups in total. The summed E-state index contributed by atoms with van der Waals surface area (Å²) < 4.78 is 0. The van der Waals surface area contributed by atoms with E-state index >= 15 is 0 Å². The Morgan fingerprint density at radius 3 is 1.75 bits per heavy atom. The summed E-state index contributed by atoms with van der Waals surface area (Å²) in [4.78, 5) is 1.41. The van der Waals surface area contributed by atoms with Gasteiger partial charge in [0.05, 0.1) is 0 Å². The van der Waals surface area contributed by atoms with Gasteiger partial charge >= 0.3 is 0 Å². The van der Waals surface area contributed by atoms with Gasteiger partial charge in [-0.15, -0.1) is 11.8 Å². The zero-order valence-electron chi connectivity index (χ0n) is 24.0. The van der Waals surface area contributed by atoms with E-state index in [2.05, 4.69) is 111 Å². The highest BCUT2D eigenvalue weighted by Gasteiger charge is 2.06. The highest BCUT2D eigenvalue weighted by Crippen LogP contribution is 2.28. The summed E-state index contributed by atoms with van der Waals surface area (Å²) in [6.07, 6.45) is 14.4. The molecule has 0 bridgehead atoms. The van der Waals surface area contributed by atoms with E-state index in [0.29, 0.717) is 0 Å². The Labute approximate surface area is 208 Å². The summed E-state index contributed by atoms with van der Waals surface area (Å²) >= 11 is 1.83. The van der Waals surface area contributed by atoms with Crippen LogP contribution >= 0.6 is 11.8 Å². The molecular formula is C30H59NS. The number of hydrogen-bond acceptors (Lipinski definition) is 2. The van der Waals surface area contributed by atoms with Gasteiger partial charge in [-0.3, -0.25) is 0 Å². The molecule has 0 radical (unpaired) electrons. The maximum absolute atomic E-state index is 3.07. The van der Waals surface area contributed by atoms with Gasteiger partial charge in [0.15, 0.2) is 0 Å². The third-order valence-corrected chi connectivity index (χ3v) is 5.54. The predicted molar refractivity (Wildman–Crippen MR) is 155 cm³/mol. The molecule has 1 aromatic carbocycles. The molecule has 0 atom stereocenters. The van der Waals surface area contributed by atoms with E-state index in [9.17, 15) is 0 Å². The van der Waals surface area contributed by atoms with E-state index in [1.807, 2.05) is 18.8 Å². The summed E-state index contributed by atoms with van der Waals surface area (Å²) in [5.41, 5.74) is 2.94. The second kappa shape index (κ2) is 26.5. The SMILES string of the molecule is CC(C)C.CCC(C)CC.CCCC.CNCC(C)C.CSc1cccc2c1C=CCC2. The summed E-state index contributed by atoms with van der Waals surface area (Å²) in [6, 6.07) is 6.58. The van der Waals surface area contributed by atoms with Crippen molar-refractivity contribution in [1.29, 1.82) is 0 Å². The molecule has 1 aliphatic carbocycles. The highest BCUT2D eigenvalue weighted by atomic mass is 32.2. The molecule has 0 amide bonds. The smallest absolute Gasteiger partial charge is 0.0144 e. The standard InChI is InChI=1S/C11H12S.C6H14.C5H13N.2C4H10/c1-12-11-8-4-6-9-5-2-3-7-10(9)11;1-4-6(3)5-2;1-5(2)4-6-3;1-4(2)3;1-3-4-2/h3-4,6-8H,2,5H2,1H3;6H,4-5H2,1-3H3;5-6H,4H2,1-3H3;4H,1-3H3;3-4H2,1-2H3. The average molecular weight is 466 g/mol. The van der Waals surface area contributed by atoms with Gasteiger partial charge in [-0.25, -0.2) is 0 Å². The minimum Gasteiger partial charge on any atom is -0.319 e. The maximum Gasteiger partial charge on any atom is 0.0144 e. The Morgan fingerprint density at radius 2 is 1.44 bits per heavy atom. The molecule has 190 valence electrons. The number of hydrogen-bond donors (Lipinski definition) is 1. The number of unbranched alkanes of at least 4 members (excludes halogenated alkanes) is 1. The van der Waals surface area contributed by atoms with Gasteiger partial charge in [0.2, 0.25) is 0 Å². The molecule has 0 fully saturated rings. The fourth-order valence-electron chi connectivity index (χ4n) is 2.31. The number of nitrogens with one attached hydrogen (secondary N) is 1. The Hall–Kier alpha value is -0.730. The normalized spacial score (nSPS) is 11.2. The monoisotopic (exact) mass is 465 g/mol. The van der Waals surface area contributed by atoms with Gasteiger partial charge in [-0.1, -0.05) is 119 Å². The van der Waals surface area contributed by atoms with Crippen molar-refractivity contribution in [3.8, 4) is 0 Å². The molecule has 0 aromatic heterocycles. The van der Waals surface area contributed by atoms with Gasteiger partial charge < -0.3 is 5.32 Å². The Morgan fingerprint density at radius 1 is 0.906 bits per heavy atom. The Kier molecular flexibility index (Phi) is 29.7. The number of aryl methyl sites for hydroxylation is 1. The van der Waals surface area contributed by atoms with Crippen LogP contribution in [0.3, 0.4) is 0 Å². The molecule has 2 heteroatoms. The topological polar surface area (TPSA) is 12.0 Å².